The summed E-state index contributed by atoms with van der Waals surface area (Å²) >= 11 is 7.40. The van der Waals surface area contributed by atoms with Crippen molar-refractivity contribution in [1.82, 2.24) is 4.90 Å². The maximum atomic E-state index is 12.4. The van der Waals surface area contributed by atoms with Crippen LogP contribution < -0.4 is 10.1 Å². The fourth-order valence-electron chi connectivity index (χ4n) is 2.93. The number of hydrogen-bond donors (Lipinski definition) is 1. The number of nitrogens with one attached hydrogen (secondary N) is 1. The zero-order valence-corrected chi connectivity index (χ0v) is 17.2. The Morgan fingerprint density at radius 2 is 1.78 bits per heavy atom. The van der Waals surface area contributed by atoms with Crippen LogP contribution in [-0.4, -0.2) is 42.3 Å². The lowest BCUT2D eigenvalue weighted by Gasteiger charge is -2.29. The van der Waals surface area contributed by atoms with Gasteiger partial charge in [-0.1, -0.05) is 11.6 Å². The van der Waals surface area contributed by atoms with Crippen LogP contribution in [0, 0.1) is 0 Å². The molecule has 1 saturated heterocycles. The first-order valence-corrected chi connectivity index (χ1v) is 10.4. The number of anilines is 1. The molecule has 3 rings (SSSR count). The van der Waals surface area contributed by atoms with Crippen molar-refractivity contribution in [3.05, 3.63) is 53.6 Å². The minimum Gasteiger partial charge on any atom is -0.490 e. The Morgan fingerprint density at radius 3 is 2.41 bits per heavy atom. The molecular weight excluding hydrogens is 380 g/mol. The van der Waals surface area contributed by atoms with E-state index in [4.69, 9.17) is 16.3 Å². The van der Waals surface area contributed by atoms with Gasteiger partial charge in [-0.05, 0) is 75.3 Å². The molecule has 4 nitrogen and oxygen atoms in total. The second kappa shape index (κ2) is 9.49. The molecule has 2 aromatic carbocycles. The predicted molar refractivity (Wildman–Crippen MR) is 113 cm³/mol. The molecule has 1 fully saturated rings. The van der Waals surface area contributed by atoms with Crippen molar-refractivity contribution in [1.29, 1.82) is 0 Å². The molecule has 0 radical (unpaired) electrons. The molecule has 0 saturated carbocycles. The molecule has 0 spiro atoms. The van der Waals surface area contributed by atoms with E-state index in [0.717, 1.165) is 42.3 Å². The Bertz CT molecular complexity index is 744. The van der Waals surface area contributed by atoms with Crippen LogP contribution in [0.1, 0.15) is 19.8 Å². The van der Waals surface area contributed by atoms with E-state index in [0.29, 0.717) is 5.02 Å². The Labute approximate surface area is 170 Å². The van der Waals surface area contributed by atoms with Gasteiger partial charge in [0.2, 0.25) is 5.91 Å². The van der Waals surface area contributed by atoms with Crippen molar-refractivity contribution >= 4 is 35.0 Å². The molecule has 1 heterocycles. The van der Waals surface area contributed by atoms with Gasteiger partial charge in [0.1, 0.15) is 11.9 Å². The van der Waals surface area contributed by atoms with E-state index >= 15 is 0 Å². The number of carbonyl (C=O) groups is 1. The first kappa shape index (κ1) is 20.1. The summed E-state index contributed by atoms with van der Waals surface area (Å²) in [6, 6.07) is 15.1. The standard InChI is InChI=1S/C21H25ClN2O2S/c1-15(27-20-9-3-16(22)4-10-20)21(25)23-17-5-7-18(8-6-17)26-19-11-13-24(2)14-12-19/h3-10,15,19H,11-14H2,1-2H3,(H,23,25). The molecule has 0 aliphatic carbocycles. The van der Waals surface area contributed by atoms with Gasteiger partial charge in [-0.2, -0.15) is 0 Å². The second-order valence-electron chi connectivity index (χ2n) is 6.85. The minimum absolute atomic E-state index is 0.0288. The number of piperidine rings is 1. The number of amides is 1. The average Bonchev–Trinajstić information content (AvgIpc) is 2.67. The number of halogens is 1. The highest BCUT2D eigenvalue weighted by molar-refractivity contribution is 8.00. The molecule has 1 N–H and O–H groups in total. The van der Waals surface area contributed by atoms with E-state index < -0.39 is 0 Å². The molecule has 144 valence electrons. The van der Waals surface area contributed by atoms with Gasteiger partial charge in [-0.25, -0.2) is 0 Å². The molecule has 1 atom stereocenters. The normalized spacial score (nSPS) is 16.7. The van der Waals surface area contributed by atoms with E-state index in [-0.39, 0.29) is 17.3 Å². The van der Waals surface area contributed by atoms with Crippen molar-refractivity contribution < 1.29 is 9.53 Å². The quantitative estimate of drug-likeness (QED) is 0.693. The summed E-state index contributed by atoms with van der Waals surface area (Å²) in [5, 5.41) is 3.45. The van der Waals surface area contributed by atoms with Crippen LogP contribution in [0.2, 0.25) is 5.02 Å². The Hall–Kier alpha value is -1.69. The number of likely N-dealkylation sites (tertiary alicyclic amines) is 1. The van der Waals surface area contributed by atoms with E-state index in [1.807, 2.05) is 55.5 Å². The van der Waals surface area contributed by atoms with Crippen molar-refractivity contribution in [2.45, 2.75) is 36.0 Å². The molecule has 1 unspecified atom stereocenters. The third-order valence-corrected chi connectivity index (χ3v) is 5.95. The summed E-state index contributed by atoms with van der Waals surface area (Å²) in [6.45, 7) is 4.04. The van der Waals surface area contributed by atoms with E-state index in [1.54, 1.807) is 0 Å². The van der Waals surface area contributed by atoms with Crippen LogP contribution in [0.5, 0.6) is 5.75 Å². The highest BCUT2D eigenvalue weighted by Gasteiger charge is 2.18. The zero-order valence-electron chi connectivity index (χ0n) is 15.7. The van der Waals surface area contributed by atoms with Gasteiger partial charge in [0, 0.05) is 28.7 Å². The Kier molecular flexibility index (Phi) is 7.05. The van der Waals surface area contributed by atoms with Gasteiger partial charge < -0.3 is 15.0 Å². The van der Waals surface area contributed by atoms with Crippen molar-refractivity contribution in [3.63, 3.8) is 0 Å². The average molecular weight is 405 g/mol. The molecule has 0 aromatic heterocycles. The van der Waals surface area contributed by atoms with Gasteiger partial charge in [-0.3, -0.25) is 4.79 Å². The molecular formula is C21H25ClN2O2S. The van der Waals surface area contributed by atoms with Crippen molar-refractivity contribution in [2.24, 2.45) is 0 Å². The number of hydrogen-bond acceptors (Lipinski definition) is 4. The minimum atomic E-state index is -0.207. The lowest BCUT2D eigenvalue weighted by atomic mass is 10.1. The number of ether oxygens (including phenoxy) is 1. The summed E-state index contributed by atoms with van der Waals surface area (Å²) in [6.07, 6.45) is 2.38. The first-order chi connectivity index (χ1) is 13.0. The number of rotatable bonds is 6. The van der Waals surface area contributed by atoms with E-state index in [9.17, 15) is 4.79 Å². The molecule has 2 aromatic rings. The molecule has 0 bridgehead atoms. The molecule has 1 aliphatic heterocycles. The van der Waals surface area contributed by atoms with E-state index in [1.165, 1.54) is 11.8 Å². The van der Waals surface area contributed by atoms with Gasteiger partial charge in [0.05, 0.1) is 5.25 Å². The number of carbonyl (C=O) groups excluding carboxylic acids is 1. The van der Waals surface area contributed by atoms with Gasteiger partial charge >= 0.3 is 0 Å². The van der Waals surface area contributed by atoms with Crippen LogP contribution >= 0.6 is 23.4 Å². The van der Waals surface area contributed by atoms with Gasteiger partial charge in [0.25, 0.3) is 0 Å². The largest absolute Gasteiger partial charge is 0.490 e. The molecule has 27 heavy (non-hydrogen) atoms. The second-order valence-corrected chi connectivity index (χ2v) is 8.70. The first-order valence-electron chi connectivity index (χ1n) is 9.18. The van der Waals surface area contributed by atoms with Crippen LogP contribution in [0.4, 0.5) is 5.69 Å². The lowest BCUT2D eigenvalue weighted by Crippen LogP contribution is -2.35. The molecule has 1 aliphatic rings. The number of nitrogens with zero attached hydrogens (tertiary/aromatic N) is 1. The van der Waals surface area contributed by atoms with Crippen molar-refractivity contribution in [2.75, 3.05) is 25.5 Å². The monoisotopic (exact) mass is 404 g/mol. The fourth-order valence-corrected chi connectivity index (χ4v) is 3.92. The molecule has 1 amide bonds. The van der Waals surface area contributed by atoms with Crippen molar-refractivity contribution in [3.8, 4) is 5.75 Å². The summed E-state index contributed by atoms with van der Waals surface area (Å²) in [5.41, 5.74) is 0.777. The smallest absolute Gasteiger partial charge is 0.237 e. The SMILES string of the molecule is CC(Sc1ccc(Cl)cc1)C(=O)Nc1ccc(OC2CCN(C)CC2)cc1. The summed E-state index contributed by atoms with van der Waals surface area (Å²) in [5.74, 6) is 0.824. The highest BCUT2D eigenvalue weighted by Crippen LogP contribution is 2.26. The fraction of sp³-hybridized carbons (Fsp3) is 0.381. The third-order valence-electron chi connectivity index (χ3n) is 4.59. The van der Waals surface area contributed by atoms with Gasteiger partial charge in [-0.15, -0.1) is 11.8 Å². The summed E-state index contributed by atoms with van der Waals surface area (Å²) < 4.78 is 6.05. The summed E-state index contributed by atoms with van der Waals surface area (Å²) in [4.78, 5) is 15.8. The third kappa shape index (κ3) is 6.16. The van der Waals surface area contributed by atoms with Crippen LogP contribution in [-0.2, 0) is 4.79 Å². The topological polar surface area (TPSA) is 41.6 Å². The Morgan fingerprint density at radius 1 is 1.15 bits per heavy atom. The summed E-state index contributed by atoms with van der Waals surface area (Å²) in [7, 11) is 2.14. The van der Waals surface area contributed by atoms with Gasteiger partial charge in [0.15, 0.2) is 0 Å². The highest BCUT2D eigenvalue weighted by atomic mass is 35.5. The zero-order chi connectivity index (χ0) is 19.2. The lowest BCUT2D eigenvalue weighted by molar-refractivity contribution is -0.115. The maximum absolute atomic E-state index is 12.4. The predicted octanol–water partition coefficient (Wildman–Crippen LogP) is 4.93. The van der Waals surface area contributed by atoms with E-state index in [2.05, 4.69) is 17.3 Å². The van der Waals surface area contributed by atoms with Crippen LogP contribution in [0.3, 0.4) is 0 Å². The molecule has 6 heteroatoms. The number of thioether (sulfide) groups is 1. The van der Waals surface area contributed by atoms with Crippen LogP contribution in [0.25, 0.3) is 0 Å². The maximum Gasteiger partial charge on any atom is 0.237 e. The number of benzene rings is 2. The van der Waals surface area contributed by atoms with Crippen LogP contribution in [0.15, 0.2) is 53.4 Å². The Balaban J connectivity index is 1.49.